The van der Waals surface area contributed by atoms with Crippen molar-refractivity contribution in [1.29, 1.82) is 0 Å². The molecule has 1 aromatic carbocycles. The number of carbonyl (C=O) groups excluding carboxylic acids is 3. The van der Waals surface area contributed by atoms with Crippen LogP contribution in [0.2, 0.25) is 0 Å². The molecular weight excluding hydrogens is 320 g/mol. The van der Waals surface area contributed by atoms with E-state index in [4.69, 9.17) is 11.2 Å². The van der Waals surface area contributed by atoms with Crippen LogP contribution >= 0.6 is 0 Å². The molecule has 0 bridgehead atoms. The number of ether oxygens (including phenoxy) is 1. The third-order valence-electron chi connectivity index (χ3n) is 3.93. The number of nitrogens with zero attached hydrogens (tertiary/aromatic N) is 2. The van der Waals surface area contributed by atoms with Crippen molar-refractivity contribution in [2.45, 2.75) is 32.7 Å². The van der Waals surface area contributed by atoms with Crippen LogP contribution in [0.1, 0.15) is 47.9 Å². The highest BCUT2D eigenvalue weighted by atomic mass is 16.6. The Morgan fingerprint density at radius 2 is 1.76 bits per heavy atom. The first-order valence-electron chi connectivity index (χ1n) is 8.10. The lowest BCUT2D eigenvalue weighted by atomic mass is 10.1. The first-order valence-corrected chi connectivity index (χ1v) is 8.10. The summed E-state index contributed by atoms with van der Waals surface area (Å²) in [7, 11) is 0. The molecule has 0 saturated heterocycles. The maximum absolute atomic E-state index is 12.4. The zero-order valence-corrected chi connectivity index (χ0v) is 14.7. The fraction of sp³-hybridized carbons (Fsp3) is 0.421. The van der Waals surface area contributed by atoms with Crippen LogP contribution in [-0.2, 0) is 4.74 Å². The number of rotatable bonds is 5. The number of carbonyl (C=O) groups is 3. The van der Waals surface area contributed by atoms with Crippen LogP contribution in [0, 0.1) is 12.3 Å². The standard InChI is InChI=1S/C19H22N2O4/c1-5-6-13-25-18(24)21(19(2,3)4)12-11-20-16(22)14-9-7-8-10-15(14)17(20)23/h1,7-10H,6,11-13H2,2-4H3. The average molecular weight is 342 g/mol. The second kappa shape index (κ2) is 7.39. The van der Waals surface area contributed by atoms with Crippen LogP contribution in [0.3, 0.4) is 0 Å². The molecule has 6 heteroatoms. The third-order valence-corrected chi connectivity index (χ3v) is 3.93. The van der Waals surface area contributed by atoms with E-state index in [1.165, 1.54) is 4.90 Å². The van der Waals surface area contributed by atoms with Crippen LogP contribution in [0.15, 0.2) is 24.3 Å². The van der Waals surface area contributed by atoms with E-state index >= 15 is 0 Å². The molecule has 0 fully saturated rings. The summed E-state index contributed by atoms with van der Waals surface area (Å²) in [6.07, 6.45) is 4.97. The zero-order valence-electron chi connectivity index (χ0n) is 14.7. The lowest BCUT2D eigenvalue weighted by molar-refractivity contribution is 0.0515. The van der Waals surface area contributed by atoms with Crippen molar-refractivity contribution in [3.63, 3.8) is 0 Å². The first-order chi connectivity index (χ1) is 11.8. The zero-order chi connectivity index (χ0) is 18.6. The van der Waals surface area contributed by atoms with Crippen molar-refractivity contribution in [1.82, 2.24) is 9.80 Å². The van der Waals surface area contributed by atoms with E-state index in [0.29, 0.717) is 17.5 Å². The molecule has 132 valence electrons. The van der Waals surface area contributed by atoms with Crippen LogP contribution < -0.4 is 0 Å². The van der Waals surface area contributed by atoms with Gasteiger partial charge >= 0.3 is 6.09 Å². The van der Waals surface area contributed by atoms with Crippen molar-refractivity contribution >= 4 is 17.9 Å². The average Bonchev–Trinajstić information content (AvgIpc) is 2.79. The topological polar surface area (TPSA) is 66.9 Å². The van der Waals surface area contributed by atoms with Crippen LogP contribution in [0.5, 0.6) is 0 Å². The number of imide groups is 1. The Morgan fingerprint density at radius 1 is 1.20 bits per heavy atom. The van der Waals surface area contributed by atoms with E-state index in [9.17, 15) is 14.4 Å². The van der Waals surface area contributed by atoms with Gasteiger partial charge in [0.1, 0.15) is 6.61 Å². The molecule has 1 aromatic rings. The molecule has 3 amide bonds. The minimum atomic E-state index is -0.522. The van der Waals surface area contributed by atoms with Gasteiger partial charge in [-0.1, -0.05) is 12.1 Å². The molecule has 0 N–H and O–H groups in total. The lowest BCUT2D eigenvalue weighted by Gasteiger charge is -2.35. The summed E-state index contributed by atoms with van der Waals surface area (Å²) in [6, 6.07) is 6.70. The molecular formula is C19H22N2O4. The molecule has 1 heterocycles. The number of fused-ring (bicyclic) bond motifs is 1. The number of hydrogen-bond acceptors (Lipinski definition) is 4. The highest BCUT2D eigenvalue weighted by Crippen LogP contribution is 2.23. The maximum Gasteiger partial charge on any atom is 0.410 e. The second-order valence-corrected chi connectivity index (χ2v) is 6.70. The van der Waals surface area contributed by atoms with Crippen molar-refractivity contribution in [3.8, 4) is 12.3 Å². The van der Waals surface area contributed by atoms with Gasteiger partial charge in [-0.15, -0.1) is 12.3 Å². The van der Waals surface area contributed by atoms with Gasteiger partial charge in [-0.2, -0.15) is 0 Å². The van der Waals surface area contributed by atoms with Crippen molar-refractivity contribution in [2.75, 3.05) is 19.7 Å². The summed E-state index contributed by atoms with van der Waals surface area (Å²) in [5, 5.41) is 0. The third kappa shape index (κ3) is 4.00. The first kappa shape index (κ1) is 18.5. The van der Waals surface area contributed by atoms with E-state index in [1.807, 2.05) is 20.8 Å². The molecule has 1 aliphatic heterocycles. The van der Waals surface area contributed by atoms with Gasteiger partial charge in [0, 0.05) is 25.0 Å². The summed E-state index contributed by atoms with van der Waals surface area (Å²) in [4.78, 5) is 39.8. The van der Waals surface area contributed by atoms with Crippen molar-refractivity contribution < 1.29 is 19.1 Å². The summed E-state index contributed by atoms with van der Waals surface area (Å²) in [5.74, 6) is 1.73. The van der Waals surface area contributed by atoms with Gasteiger partial charge in [0.05, 0.1) is 11.1 Å². The smallest absolute Gasteiger partial charge is 0.410 e. The van der Waals surface area contributed by atoms with Gasteiger partial charge in [0.25, 0.3) is 11.8 Å². The number of hydrogen-bond donors (Lipinski definition) is 0. The SMILES string of the molecule is C#CCCOC(=O)N(CCN1C(=O)c2ccccc2C1=O)C(C)(C)C. The number of benzene rings is 1. The normalized spacial score (nSPS) is 13.4. The minimum Gasteiger partial charge on any atom is -0.448 e. The largest absolute Gasteiger partial charge is 0.448 e. The fourth-order valence-corrected chi connectivity index (χ4v) is 2.62. The number of amides is 3. The van der Waals surface area contributed by atoms with E-state index in [1.54, 1.807) is 24.3 Å². The van der Waals surface area contributed by atoms with Crippen LogP contribution in [-0.4, -0.2) is 52.9 Å². The van der Waals surface area contributed by atoms with Crippen LogP contribution in [0.4, 0.5) is 4.79 Å². The van der Waals surface area contributed by atoms with Gasteiger partial charge in [-0.3, -0.25) is 14.5 Å². The molecule has 0 aliphatic carbocycles. The van der Waals surface area contributed by atoms with Crippen LogP contribution in [0.25, 0.3) is 0 Å². The van der Waals surface area contributed by atoms with E-state index < -0.39 is 11.6 Å². The quantitative estimate of drug-likeness (QED) is 0.468. The van der Waals surface area contributed by atoms with Gasteiger partial charge in [-0.05, 0) is 32.9 Å². The summed E-state index contributed by atoms with van der Waals surface area (Å²) < 4.78 is 5.16. The number of terminal acetylenes is 1. The predicted octanol–water partition coefficient (Wildman–Crippen LogP) is 2.54. The van der Waals surface area contributed by atoms with Gasteiger partial charge in [0.15, 0.2) is 0 Å². The van der Waals surface area contributed by atoms with E-state index in [-0.39, 0.29) is 31.5 Å². The van der Waals surface area contributed by atoms with Gasteiger partial charge in [-0.25, -0.2) is 4.79 Å². The molecule has 0 radical (unpaired) electrons. The van der Waals surface area contributed by atoms with Crippen molar-refractivity contribution in [3.05, 3.63) is 35.4 Å². The van der Waals surface area contributed by atoms with E-state index in [0.717, 1.165) is 4.90 Å². The van der Waals surface area contributed by atoms with Gasteiger partial charge < -0.3 is 9.64 Å². The Kier molecular flexibility index (Phi) is 5.48. The second-order valence-electron chi connectivity index (χ2n) is 6.70. The summed E-state index contributed by atoms with van der Waals surface area (Å²) >= 11 is 0. The Balaban J connectivity index is 2.07. The highest BCUT2D eigenvalue weighted by molar-refractivity contribution is 6.21. The maximum atomic E-state index is 12.4. The van der Waals surface area contributed by atoms with Crippen molar-refractivity contribution in [2.24, 2.45) is 0 Å². The molecule has 0 unspecified atom stereocenters. The Labute approximate surface area is 147 Å². The Morgan fingerprint density at radius 3 is 2.24 bits per heavy atom. The molecule has 25 heavy (non-hydrogen) atoms. The molecule has 2 rings (SSSR count). The Bertz CT molecular complexity index is 693. The lowest BCUT2D eigenvalue weighted by Crippen LogP contribution is -2.50. The summed E-state index contributed by atoms with van der Waals surface area (Å²) in [6.45, 7) is 6.00. The monoisotopic (exact) mass is 342 g/mol. The molecule has 6 nitrogen and oxygen atoms in total. The van der Waals surface area contributed by atoms with Gasteiger partial charge in [0.2, 0.25) is 0 Å². The molecule has 0 atom stereocenters. The molecule has 0 saturated carbocycles. The predicted molar refractivity (Wildman–Crippen MR) is 93.1 cm³/mol. The fourth-order valence-electron chi connectivity index (χ4n) is 2.62. The molecule has 0 spiro atoms. The molecule has 0 aromatic heterocycles. The summed E-state index contributed by atoms with van der Waals surface area (Å²) in [5.41, 5.74) is 0.268. The van der Waals surface area contributed by atoms with E-state index in [2.05, 4.69) is 5.92 Å². The minimum absolute atomic E-state index is 0.105. The highest BCUT2D eigenvalue weighted by Gasteiger charge is 2.36. The molecule has 1 aliphatic rings. The Hall–Kier alpha value is -2.81.